The van der Waals surface area contributed by atoms with E-state index in [9.17, 15) is 9.18 Å². The largest absolute Gasteiger partial charge is 0.349 e. The van der Waals surface area contributed by atoms with Gasteiger partial charge in [-0.3, -0.25) is 4.79 Å². The third kappa shape index (κ3) is 3.30. The number of carbonyl (C=O) groups is 1. The first-order valence-corrected chi connectivity index (χ1v) is 5.79. The summed E-state index contributed by atoms with van der Waals surface area (Å²) in [6, 6.07) is 4.21. The van der Waals surface area contributed by atoms with E-state index in [4.69, 9.17) is 0 Å². The molecule has 0 bridgehead atoms. The van der Waals surface area contributed by atoms with Crippen LogP contribution in [0.15, 0.2) is 18.2 Å². The van der Waals surface area contributed by atoms with E-state index in [1.807, 2.05) is 6.92 Å². The molecule has 1 atom stereocenters. The third-order valence-electron chi connectivity index (χ3n) is 2.04. The lowest BCUT2D eigenvalue weighted by Gasteiger charge is -2.12. The molecule has 0 heterocycles. The Balaban J connectivity index is 2.82. The minimum atomic E-state index is -0.322. The molecule has 1 unspecified atom stereocenters. The molecule has 0 fully saturated rings. The van der Waals surface area contributed by atoms with Crippen molar-refractivity contribution in [3.8, 4) is 0 Å². The van der Waals surface area contributed by atoms with Gasteiger partial charge in [-0.2, -0.15) is 0 Å². The second kappa shape index (κ2) is 5.26. The Morgan fingerprint density at radius 1 is 1.60 bits per heavy atom. The molecule has 0 aliphatic rings. The Hall–Kier alpha value is -0.900. The van der Waals surface area contributed by atoms with Crippen molar-refractivity contribution in [2.75, 3.05) is 5.33 Å². The first-order chi connectivity index (χ1) is 7.04. The maximum absolute atomic E-state index is 12.8. The molecule has 1 N–H and O–H groups in total. The van der Waals surface area contributed by atoms with Gasteiger partial charge in [0.25, 0.3) is 5.91 Å². The molecule has 1 aromatic rings. The van der Waals surface area contributed by atoms with E-state index in [1.54, 1.807) is 6.92 Å². The van der Waals surface area contributed by atoms with E-state index in [1.165, 1.54) is 18.2 Å². The highest BCUT2D eigenvalue weighted by molar-refractivity contribution is 9.09. The number of carbonyl (C=O) groups excluding carboxylic acids is 1. The summed E-state index contributed by atoms with van der Waals surface area (Å²) in [6.45, 7) is 3.61. The highest BCUT2D eigenvalue weighted by atomic mass is 79.9. The zero-order valence-corrected chi connectivity index (χ0v) is 10.3. The van der Waals surface area contributed by atoms with Crippen molar-refractivity contribution in [3.63, 3.8) is 0 Å². The van der Waals surface area contributed by atoms with Gasteiger partial charge in [-0.05, 0) is 37.6 Å². The molecule has 1 aromatic carbocycles. The summed E-state index contributed by atoms with van der Waals surface area (Å²) < 4.78 is 12.8. The molecule has 2 nitrogen and oxygen atoms in total. The van der Waals surface area contributed by atoms with E-state index in [2.05, 4.69) is 21.2 Å². The fraction of sp³-hybridized carbons (Fsp3) is 0.364. The van der Waals surface area contributed by atoms with Crippen LogP contribution in [0.1, 0.15) is 22.8 Å². The lowest BCUT2D eigenvalue weighted by Crippen LogP contribution is -2.33. The van der Waals surface area contributed by atoms with Crippen LogP contribution in [0.25, 0.3) is 0 Å². The van der Waals surface area contributed by atoms with Crippen LogP contribution in [0.3, 0.4) is 0 Å². The SMILES string of the molecule is Cc1cc(F)ccc1C(=O)NC(C)CBr. The van der Waals surface area contributed by atoms with Crippen LogP contribution in [0, 0.1) is 12.7 Å². The van der Waals surface area contributed by atoms with E-state index in [0.29, 0.717) is 16.5 Å². The fourth-order valence-corrected chi connectivity index (χ4v) is 1.38. The quantitative estimate of drug-likeness (QED) is 0.843. The van der Waals surface area contributed by atoms with Crippen molar-refractivity contribution in [2.45, 2.75) is 19.9 Å². The molecule has 0 aliphatic heterocycles. The van der Waals surface area contributed by atoms with Crippen LogP contribution >= 0.6 is 15.9 Å². The summed E-state index contributed by atoms with van der Waals surface area (Å²) in [5.74, 6) is -0.489. The van der Waals surface area contributed by atoms with Crippen LogP contribution in [0.2, 0.25) is 0 Å². The molecule has 0 aliphatic carbocycles. The summed E-state index contributed by atoms with van der Waals surface area (Å²) in [7, 11) is 0. The highest BCUT2D eigenvalue weighted by Gasteiger charge is 2.11. The molecular formula is C11H13BrFNO. The summed E-state index contributed by atoms with van der Waals surface area (Å²) in [5.41, 5.74) is 1.17. The predicted octanol–water partition coefficient (Wildman–Crippen LogP) is 2.65. The normalized spacial score (nSPS) is 12.3. The predicted molar refractivity (Wildman–Crippen MR) is 61.9 cm³/mol. The molecule has 4 heteroatoms. The van der Waals surface area contributed by atoms with Gasteiger partial charge in [0.2, 0.25) is 0 Å². The van der Waals surface area contributed by atoms with Crippen molar-refractivity contribution in [3.05, 3.63) is 35.1 Å². The Morgan fingerprint density at radius 3 is 2.80 bits per heavy atom. The Labute approximate surface area is 97.0 Å². The molecule has 0 saturated heterocycles. The van der Waals surface area contributed by atoms with Gasteiger partial charge in [0.05, 0.1) is 0 Å². The van der Waals surface area contributed by atoms with Crippen molar-refractivity contribution in [2.24, 2.45) is 0 Å². The summed E-state index contributed by atoms with van der Waals surface area (Å²) in [4.78, 5) is 11.7. The van der Waals surface area contributed by atoms with Gasteiger partial charge in [0.1, 0.15) is 5.82 Å². The minimum absolute atomic E-state index is 0.0574. The number of aryl methyl sites for hydroxylation is 1. The number of rotatable bonds is 3. The van der Waals surface area contributed by atoms with Gasteiger partial charge in [-0.25, -0.2) is 4.39 Å². The van der Waals surface area contributed by atoms with Gasteiger partial charge < -0.3 is 5.32 Å². The van der Waals surface area contributed by atoms with Crippen molar-refractivity contribution < 1.29 is 9.18 Å². The van der Waals surface area contributed by atoms with Crippen LogP contribution in [0.5, 0.6) is 0 Å². The maximum atomic E-state index is 12.8. The van der Waals surface area contributed by atoms with Crippen LogP contribution in [-0.4, -0.2) is 17.3 Å². The van der Waals surface area contributed by atoms with Gasteiger partial charge in [0, 0.05) is 16.9 Å². The molecule has 82 valence electrons. The van der Waals surface area contributed by atoms with Gasteiger partial charge in [0.15, 0.2) is 0 Å². The van der Waals surface area contributed by atoms with E-state index < -0.39 is 0 Å². The van der Waals surface area contributed by atoms with Gasteiger partial charge in [-0.1, -0.05) is 15.9 Å². The summed E-state index contributed by atoms with van der Waals surface area (Å²) >= 11 is 3.27. The number of alkyl halides is 1. The lowest BCUT2D eigenvalue weighted by atomic mass is 10.1. The zero-order valence-electron chi connectivity index (χ0n) is 8.68. The first kappa shape index (κ1) is 12.2. The Bertz CT molecular complexity index is 368. The number of hydrogen-bond acceptors (Lipinski definition) is 1. The molecule has 15 heavy (non-hydrogen) atoms. The summed E-state index contributed by atoms with van der Waals surface area (Å²) in [5, 5.41) is 3.49. The topological polar surface area (TPSA) is 29.1 Å². The molecule has 0 saturated carbocycles. The number of hydrogen-bond donors (Lipinski definition) is 1. The highest BCUT2D eigenvalue weighted by Crippen LogP contribution is 2.10. The molecule has 0 radical (unpaired) electrons. The van der Waals surface area contributed by atoms with Gasteiger partial charge >= 0.3 is 0 Å². The smallest absolute Gasteiger partial charge is 0.251 e. The second-order valence-electron chi connectivity index (χ2n) is 3.49. The van der Waals surface area contributed by atoms with Crippen molar-refractivity contribution >= 4 is 21.8 Å². The standard InChI is InChI=1S/C11H13BrFNO/c1-7-5-9(13)3-4-10(7)11(15)14-8(2)6-12/h3-5,8H,6H2,1-2H3,(H,14,15). The monoisotopic (exact) mass is 273 g/mol. The molecular weight excluding hydrogens is 261 g/mol. The third-order valence-corrected chi connectivity index (χ3v) is 3.01. The van der Waals surface area contributed by atoms with E-state index >= 15 is 0 Å². The van der Waals surface area contributed by atoms with Crippen LogP contribution < -0.4 is 5.32 Å². The first-order valence-electron chi connectivity index (χ1n) is 4.67. The molecule has 1 rings (SSSR count). The second-order valence-corrected chi connectivity index (χ2v) is 4.14. The van der Waals surface area contributed by atoms with Crippen molar-refractivity contribution in [1.29, 1.82) is 0 Å². The lowest BCUT2D eigenvalue weighted by molar-refractivity contribution is 0.0943. The van der Waals surface area contributed by atoms with E-state index in [0.717, 1.165) is 0 Å². The van der Waals surface area contributed by atoms with Crippen molar-refractivity contribution in [1.82, 2.24) is 5.32 Å². The van der Waals surface area contributed by atoms with Crippen LogP contribution in [0.4, 0.5) is 4.39 Å². The average molecular weight is 274 g/mol. The zero-order chi connectivity index (χ0) is 11.4. The van der Waals surface area contributed by atoms with E-state index in [-0.39, 0.29) is 17.8 Å². The van der Waals surface area contributed by atoms with Crippen LogP contribution in [-0.2, 0) is 0 Å². The number of benzene rings is 1. The summed E-state index contributed by atoms with van der Waals surface area (Å²) in [6.07, 6.45) is 0. The maximum Gasteiger partial charge on any atom is 0.251 e. The molecule has 1 amide bonds. The Kier molecular flexibility index (Phi) is 4.27. The fourth-order valence-electron chi connectivity index (χ4n) is 1.22. The average Bonchev–Trinajstić information content (AvgIpc) is 2.17. The number of nitrogens with one attached hydrogen (secondary N) is 1. The Morgan fingerprint density at radius 2 is 2.27 bits per heavy atom. The number of amides is 1. The number of halogens is 2. The minimum Gasteiger partial charge on any atom is -0.349 e. The molecule has 0 aromatic heterocycles. The molecule has 0 spiro atoms. The van der Waals surface area contributed by atoms with Gasteiger partial charge in [-0.15, -0.1) is 0 Å².